The molecule has 4 heteroatoms. The SMILES string of the molecule is CSC[C@@H](C)C(=O)N1CCC[C@H]1c1cccc(N(C)C)c1. The van der Waals surface area contributed by atoms with Gasteiger partial charge >= 0.3 is 0 Å². The Bertz CT molecular complexity index is 489. The molecule has 21 heavy (non-hydrogen) atoms. The van der Waals surface area contributed by atoms with Crippen molar-refractivity contribution < 1.29 is 4.79 Å². The predicted molar refractivity (Wildman–Crippen MR) is 92.0 cm³/mol. The molecule has 1 saturated heterocycles. The highest BCUT2D eigenvalue weighted by molar-refractivity contribution is 7.98. The lowest BCUT2D eigenvalue weighted by molar-refractivity contribution is -0.135. The smallest absolute Gasteiger partial charge is 0.226 e. The number of amides is 1. The molecule has 3 nitrogen and oxygen atoms in total. The fourth-order valence-electron chi connectivity index (χ4n) is 2.99. The fraction of sp³-hybridized carbons (Fsp3) is 0.588. The van der Waals surface area contributed by atoms with Gasteiger partial charge < -0.3 is 9.80 Å². The Morgan fingerprint density at radius 3 is 2.90 bits per heavy atom. The van der Waals surface area contributed by atoms with Crippen molar-refractivity contribution in [3.05, 3.63) is 29.8 Å². The maximum atomic E-state index is 12.6. The van der Waals surface area contributed by atoms with Crippen molar-refractivity contribution in [1.82, 2.24) is 4.90 Å². The molecule has 0 aromatic heterocycles. The van der Waals surface area contributed by atoms with Crippen molar-refractivity contribution in [3.8, 4) is 0 Å². The van der Waals surface area contributed by atoms with Gasteiger partial charge in [0.25, 0.3) is 0 Å². The molecule has 0 bridgehead atoms. The second kappa shape index (κ2) is 7.21. The number of nitrogens with zero attached hydrogens (tertiary/aromatic N) is 2. The van der Waals surface area contributed by atoms with Crippen LogP contribution in [0.5, 0.6) is 0 Å². The van der Waals surface area contributed by atoms with E-state index in [-0.39, 0.29) is 12.0 Å². The van der Waals surface area contributed by atoms with E-state index in [1.165, 1.54) is 11.3 Å². The minimum atomic E-state index is 0.109. The fourth-order valence-corrected chi connectivity index (χ4v) is 3.63. The highest BCUT2D eigenvalue weighted by atomic mass is 32.2. The molecule has 0 spiro atoms. The third kappa shape index (κ3) is 3.73. The van der Waals surface area contributed by atoms with Crippen molar-refractivity contribution in [3.63, 3.8) is 0 Å². The Morgan fingerprint density at radius 1 is 1.48 bits per heavy atom. The maximum Gasteiger partial charge on any atom is 0.226 e. The quantitative estimate of drug-likeness (QED) is 0.833. The lowest BCUT2D eigenvalue weighted by Gasteiger charge is -2.28. The standard InChI is InChI=1S/C17H26N2OS/c1-13(12-21-4)17(20)19-10-6-9-16(19)14-7-5-8-15(11-14)18(2)3/h5,7-8,11,13,16H,6,9-10,12H2,1-4H3/t13-,16+/m1/s1. The van der Waals surface area contributed by atoms with Gasteiger partial charge in [0.1, 0.15) is 0 Å². The zero-order chi connectivity index (χ0) is 15.4. The summed E-state index contributed by atoms with van der Waals surface area (Å²) in [6, 6.07) is 8.83. The van der Waals surface area contributed by atoms with E-state index < -0.39 is 0 Å². The number of carbonyl (C=O) groups is 1. The highest BCUT2D eigenvalue weighted by Gasteiger charge is 2.32. The second-order valence-corrected chi connectivity index (χ2v) is 6.95. The van der Waals surface area contributed by atoms with Crippen molar-refractivity contribution >= 4 is 23.4 Å². The number of hydrogen-bond donors (Lipinski definition) is 0. The van der Waals surface area contributed by atoms with E-state index in [0.717, 1.165) is 25.1 Å². The molecule has 1 aromatic rings. The summed E-state index contributed by atoms with van der Waals surface area (Å²) in [6.45, 7) is 2.94. The molecular formula is C17H26N2OS. The summed E-state index contributed by atoms with van der Waals surface area (Å²) in [6.07, 6.45) is 4.25. The molecular weight excluding hydrogens is 280 g/mol. The van der Waals surface area contributed by atoms with E-state index in [1.807, 2.05) is 6.92 Å². The average Bonchev–Trinajstić information content (AvgIpc) is 2.96. The predicted octanol–water partition coefficient (Wildman–Crippen LogP) is 3.42. The summed E-state index contributed by atoms with van der Waals surface area (Å²) in [7, 11) is 4.11. The molecule has 0 N–H and O–H groups in total. The molecule has 1 heterocycles. The first-order chi connectivity index (χ1) is 10.0. The van der Waals surface area contributed by atoms with Gasteiger partial charge in [-0.2, -0.15) is 11.8 Å². The largest absolute Gasteiger partial charge is 0.378 e. The van der Waals surface area contributed by atoms with E-state index >= 15 is 0 Å². The van der Waals surface area contributed by atoms with Crippen LogP contribution in [0.4, 0.5) is 5.69 Å². The van der Waals surface area contributed by atoms with Crippen LogP contribution in [-0.2, 0) is 4.79 Å². The molecule has 0 aliphatic carbocycles. The van der Waals surface area contributed by atoms with Crippen LogP contribution < -0.4 is 4.90 Å². The molecule has 0 radical (unpaired) electrons. The molecule has 1 fully saturated rings. The van der Waals surface area contributed by atoms with Gasteiger partial charge in [-0.25, -0.2) is 0 Å². The van der Waals surface area contributed by atoms with Crippen molar-refractivity contribution in [2.75, 3.05) is 37.5 Å². The van der Waals surface area contributed by atoms with Crippen LogP contribution in [-0.4, -0.2) is 43.5 Å². The van der Waals surface area contributed by atoms with Crippen LogP contribution in [0.15, 0.2) is 24.3 Å². The summed E-state index contributed by atoms with van der Waals surface area (Å²) >= 11 is 1.75. The molecule has 0 saturated carbocycles. The van der Waals surface area contributed by atoms with Gasteiger partial charge in [0.2, 0.25) is 5.91 Å². The van der Waals surface area contributed by atoms with Crippen molar-refractivity contribution in [2.24, 2.45) is 5.92 Å². The summed E-state index contributed by atoms with van der Waals surface area (Å²) in [5, 5.41) is 0. The molecule has 1 aliphatic heterocycles. The third-order valence-electron chi connectivity index (χ3n) is 4.15. The second-order valence-electron chi connectivity index (χ2n) is 6.04. The highest BCUT2D eigenvalue weighted by Crippen LogP contribution is 2.34. The first-order valence-electron chi connectivity index (χ1n) is 7.61. The third-order valence-corrected chi connectivity index (χ3v) is 4.98. The average molecular weight is 306 g/mol. The van der Waals surface area contributed by atoms with E-state index in [2.05, 4.69) is 54.4 Å². The zero-order valence-corrected chi connectivity index (χ0v) is 14.3. The lowest BCUT2D eigenvalue weighted by atomic mass is 10.0. The zero-order valence-electron chi connectivity index (χ0n) is 13.5. The molecule has 0 unspecified atom stereocenters. The normalized spacial score (nSPS) is 19.6. The Hall–Kier alpha value is -1.16. The van der Waals surface area contributed by atoms with Crippen molar-refractivity contribution in [1.29, 1.82) is 0 Å². The Labute approximate surface area is 132 Å². The van der Waals surface area contributed by atoms with E-state index in [1.54, 1.807) is 11.8 Å². The van der Waals surface area contributed by atoms with E-state index in [0.29, 0.717) is 5.91 Å². The topological polar surface area (TPSA) is 23.6 Å². The van der Waals surface area contributed by atoms with E-state index in [4.69, 9.17) is 0 Å². The number of thioether (sulfide) groups is 1. The number of rotatable bonds is 5. The summed E-state index contributed by atoms with van der Waals surface area (Å²) in [4.78, 5) is 16.8. The summed E-state index contributed by atoms with van der Waals surface area (Å²) in [5.41, 5.74) is 2.47. The molecule has 2 atom stereocenters. The molecule has 116 valence electrons. The Morgan fingerprint density at radius 2 is 2.24 bits per heavy atom. The van der Waals surface area contributed by atoms with Gasteiger partial charge in [0, 0.05) is 38.0 Å². The van der Waals surface area contributed by atoms with E-state index in [9.17, 15) is 4.79 Å². The van der Waals surface area contributed by atoms with Crippen LogP contribution in [0.3, 0.4) is 0 Å². The molecule has 1 amide bonds. The first kappa shape index (κ1) is 16.2. The molecule has 1 aromatic carbocycles. The Balaban J connectivity index is 2.18. The number of carbonyl (C=O) groups excluding carboxylic acids is 1. The van der Waals surface area contributed by atoms with Crippen molar-refractivity contribution in [2.45, 2.75) is 25.8 Å². The van der Waals surface area contributed by atoms with Gasteiger partial charge in [0.15, 0.2) is 0 Å². The maximum absolute atomic E-state index is 12.6. The van der Waals surface area contributed by atoms with Crippen LogP contribution in [0, 0.1) is 5.92 Å². The Kier molecular flexibility index (Phi) is 5.57. The minimum Gasteiger partial charge on any atom is -0.378 e. The summed E-state index contributed by atoms with van der Waals surface area (Å²) < 4.78 is 0. The molecule has 1 aliphatic rings. The van der Waals surface area contributed by atoms with Gasteiger partial charge in [-0.15, -0.1) is 0 Å². The lowest BCUT2D eigenvalue weighted by Crippen LogP contribution is -2.35. The van der Waals surface area contributed by atoms with Gasteiger partial charge in [0.05, 0.1) is 6.04 Å². The van der Waals surface area contributed by atoms with Gasteiger partial charge in [-0.1, -0.05) is 19.1 Å². The van der Waals surface area contributed by atoms with Crippen LogP contribution in [0.25, 0.3) is 0 Å². The van der Waals surface area contributed by atoms with Gasteiger partial charge in [-0.05, 0) is 36.8 Å². The molecule has 2 rings (SSSR count). The van der Waals surface area contributed by atoms with Crippen LogP contribution in [0.2, 0.25) is 0 Å². The first-order valence-corrected chi connectivity index (χ1v) is 9.00. The van der Waals surface area contributed by atoms with Gasteiger partial charge in [-0.3, -0.25) is 4.79 Å². The van der Waals surface area contributed by atoms with Crippen LogP contribution in [0.1, 0.15) is 31.4 Å². The van der Waals surface area contributed by atoms with Crippen LogP contribution >= 0.6 is 11.8 Å². The number of anilines is 1. The monoisotopic (exact) mass is 306 g/mol. The number of likely N-dealkylation sites (tertiary alicyclic amines) is 1. The number of benzene rings is 1. The minimum absolute atomic E-state index is 0.109. The number of hydrogen-bond acceptors (Lipinski definition) is 3. The summed E-state index contributed by atoms with van der Waals surface area (Å²) in [5.74, 6) is 1.32.